The molecule has 1 aromatic carbocycles. The van der Waals surface area contributed by atoms with Crippen molar-refractivity contribution in [3.8, 4) is 5.75 Å². The number of alkyl halides is 3. The predicted molar refractivity (Wildman–Crippen MR) is 125 cm³/mol. The zero-order valence-electron chi connectivity index (χ0n) is 19.7. The van der Waals surface area contributed by atoms with Gasteiger partial charge in [0, 0.05) is 43.7 Å². The maximum Gasteiger partial charge on any atom is 0.490 e. The number of carboxylic acid groups (broad SMARTS) is 1. The van der Waals surface area contributed by atoms with E-state index in [1.165, 1.54) is 12.1 Å². The van der Waals surface area contributed by atoms with Crippen molar-refractivity contribution in [1.82, 2.24) is 15.0 Å². The summed E-state index contributed by atoms with van der Waals surface area (Å²) in [6.45, 7) is 3.37. The van der Waals surface area contributed by atoms with Crippen LogP contribution in [0.25, 0.3) is 11.0 Å². The molecule has 1 aliphatic heterocycles. The van der Waals surface area contributed by atoms with Crippen molar-refractivity contribution in [1.29, 1.82) is 0 Å². The van der Waals surface area contributed by atoms with Crippen LogP contribution in [0.1, 0.15) is 31.4 Å². The lowest BCUT2D eigenvalue weighted by Gasteiger charge is -2.33. The van der Waals surface area contributed by atoms with E-state index in [0.717, 1.165) is 47.3 Å². The molecule has 198 valence electrons. The number of rotatable bonds is 5. The fourth-order valence-electron chi connectivity index (χ4n) is 3.73. The Morgan fingerprint density at radius 3 is 2.35 bits per heavy atom. The van der Waals surface area contributed by atoms with Gasteiger partial charge in [-0.1, -0.05) is 0 Å². The minimum atomic E-state index is -5.08. The van der Waals surface area contributed by atoms with E-state index >= 15 is 0 Å². The van der Waals surface area contributed by atoms with Crippen LogP contribution in [-0.4, -0.2) is 57.4 Å². The number of ether oxygens (including phenoxy) is 1. The molecular formula is C24H24F5N5O3. The molecule has 0 radical (unpaired) electrons. The average Bonchev–Trinajstić information content (AvgIpc) is 3.65. The maximum atomic E-state index is 13.9. The molecular weight excluding hydrogens is 501 g/mol. The van der Waals surface area contributed by atoms with Crippen molar-refractivity contribution in [3.63, 3.8) is 0 Å². The Balaban J connectivity index is 0.000000405. The monoisotopic (exact) mass is 525 g/mol. The van der Waals surface area contributed by atoms with E-state index in [-0.39, 0.29) is 11.9 Å². The third-order valence-corrected chi connectivity index (χ3v) is 5.76. The molecule has 1 aliphatic carbocycles. The summed E-state index contributed by atoms with van der Waals surface area (Å²) in [4.78, 5) is 25.1. The van der Waals surface area contributed by atoms with Crippen LogP contribution in [0, 0.1) is 18.6 Å². The van der Waals surface area contributed by atoms with Gasteiger partial charge in [0.2, 0.25) is 0 Å². The lowest BCUT2D eigenvalue weighted by atomic mass is 10.1. The predicted octanol–water partition coefficient (Wildman–Crippen LogP) is 4.87. The number of aromatic nitrogens is 3. The normalized spacial score (nSPS) is 16.2. The van der Waals surface area contributed by atoms with E-state index < -0.39 is 23.8 Å². The fraction of sp³-hybridized carbons (Fsp3) is 0.417. The van der Waals surface area contributed by atoms with Gasteiger partial charge in [0.25, 0.3) is 0 Å². The summed E-state index contributed by atoms with van der Waals surface area (Å²) >= 11 is 0. The molecule has 0 spiro atoms. The molecule has 2 aliphatic rings. The standard InChI is InChI=1S/C22H23F2N5O.C2HF3O2/c1-13-10-18-19(12-25-13)28-22(21(27-18)26-15-3-4-15)29-8-6-16(7-9-29)30-20-5-2-14(23)11-17(20)24;3-2(4,5)1(6)7/h2,5,10-12,15-16H,3-4,6-9H2,1H3,(H,26,27);(H,6,7). The van der Waals surface area contributed by atoms with Crippen molar-refractivity contribution >= 4 is 28.6 Å². The number of piperidine rings is 1. The number of carboxylic acids is 1. The summed E-state index contributed by atoms with van der Waals surface area (Å²) in [5.41, 5.74) is 2.51. The molecule has 2 N–H and O–H groups in total. The number of nitrogens with one attached hydrogen (secondary N) is 1. The Hall–Kier alpha value is -3.77. The first-order valence-corrected chi connectivity index (χ1v) is 11.6. The number of aliphatic carboxylic acids is 1. The summed E-state index contributed by atoms with van der Waals surface area (Å²) in [6, 6.07) is 5.81. The number of fused-ring (bicyclic) bond motifs is 1. The van der Waals surface area contributed by atoms with Gasteiger partial charge in [-0.2, -0.15) is 13.2 Å². The van der Waals surface area contributed by atoms with E-state index in [0.29, 0.717) is 32.0 Å². The molecule has 0 atom stereocenters. The summed E-state index contributed by atoms with van der Waals surface area (Å²) in [6.07, 6.45) is 0.270. The Morgan fingerprint density at radius 2 is 1.76 bits per heavy atom. The molecule has 13 heteroatoms. The van der Waals surface area contributed by atoms with E-state index in [1.807, 2.05) is 13.0 Å². The highest BCUT2D eigenvalue weighted by Gasteiger charge is 2.38. The first-order valence-electron chi connectivity index (χ1n) is 11.6. The molecule has 2 aromatic heterocycles. The number of halogens is 5. The minimum Gasteiger partial charge on any atom is -0.487 e. The van der Waals surface area contributed by atoms with Gasteiger partial charge < -0.3 is 20.1 Å². The second-order valence-corrected chi connectivity index (χ2v) is 8.81. The molecule has 0 bridgehead atoms. The highest BCUT2D eigenvalue weighted by molar-refractivity contribution is 5.80. The first kappa shape index (κ1) is 26.3. The van der Waals surface area contributed by atoms with Gasteiger partial charge >= 0.3 is 12.1 Å². The van der Waals surface area contributed by atoms with Crippen LogP contribution >= 0.6 is 0 Å². The van der Waals surface area contributed by atoms with Crippen LogP contribution in [0.3, 0.4) is 0 Å². The third-order valence-electron chi connectivity index (χ3n) is 5.76. The van der Waals surface area contributed by atoms with Crippen LogP contribution in [0.4, 0.5) is 33.6 Å². The fourth-order valence-corrected chi connectivity index (χ4v) is 3.73. The van der Waals surface area contributed by atoms with Crippen molar-refractivity contribution in [3.05, 3.63) is 47.8 Å². The lowest BCUT2D eigenvalue weighted by molar-refractivity contribution is -0.192. The lowest BCUT2D eigenvalue weighted by Crippen LogP contribution is -2.39. The zero-order chi connectivity index (χ0) is 26.7. The van der Waals surface area contributed by atoms with Crippen LogP contribution in [0.5, 0.6) is 5.75 Å². The number of benzene rings is 1. The first-order chi connectivity index (χ1) is 17.5. The van der Waals surface area contributed by atoms with Gasteiger partial charge in [-0.3, -0.25) is 4.98 Å². The highest BCUT2D eigenvalue weighted by atomic mass is 19.4. The quantitative estimate of drug-likeness (QED) is 0.456. The molecule has 0 amide bonds. The molecule has 8 nitrogen and oxygen atoms in total. The Labute approximate surface area is 208 Å². The third kappa shape index (κ3) is 6.92. The van der Waals surface area contributed by atoms with Crippen molar-refractivity contribution in [2.45, 2.75) is 50.9 Å². The molecule has 1 saturated heterocycles. The van der Waals surface area contributed by atoms with Gasteiger partial charge in [-0.05, 0) is 38.0 Å². The van der Waals surface area contributed by atoms with Crippen molar-refractivity contribution in [2.24, 2.45) is 0 Å². The molecule has 1 saturated carbocycles. The number of aryl methyl sites for hydroxylation is 1. The SMILES string of the molecule is Cc1cc2nc(NC3CC3)c(N3CCC(Oc4ccc(F)cc4F)CC3)nc2cn1.O=C(O)C(F)(F)F. The summed E-state index contributed by atoms with van der Waals surface area (Å²) in [7, 11) is 0. The molecule has 0 unspecified atom stereocenters. The van der Waals surface area contributed by atoms with Crippen LogP contribution in [0.2, 0.25) is 0 Å². The molecule has 5 rings (SSSR count). The van der Waals surface area contributed by atoms with Crippen LogP contribution in [-0.2, 0) is 4.79 Å². The average molecular weight is 525 g/mol. The van der Waals surface area contributed by atoms with Crippen LogP contribution < -0.4 is 15.0 Å². The number of pyridine rings is 1. The summed E-state index contributed by atoms with van der Waals surface area (Å²) in [5.74, 6) is -2.31. The van der Waals surface area contributed by atoms with Gasteiger partial charge in [-0.25, -0.2) is 23.5 Å². The largest absolute Gasteiger partial charge is 0.490 e. The van der Waals surface area contributed by atoms with Gasteiger partial charge in [0.15, 0.2) is 23.2 Å². The molecule has 3 heterocycles. The Kier molecular flexibility index (Phi) is 7.60. The minimum absolute atomic E-state index is 0.0953. The van der Waals surface area contributed by atoms with Crippen LogP contribution in [0.15, 0.2) is 30.5 Å². The Morgan fingerprint density at radius 1 is 1.08 bits per heavy atom. The second kappa shape index (κ2) is 10.7. The number of hydrogen-bond acceptors (Lipinski definition) is 7. The summed E-state index contributed by atoms with van der Waals surface area (Å²) < 4.78 is 64.5. The van der Waals surface area contributed by atoms with E-state index in [9.17, 15) is 22.0 Å². The molecule has 37 heavy (non-hydrogen) atoms. The number of hydrogen-bond donors (Lipinski definition) is 2. The maximum absolute atomic E-state index is 13.9. The summed E-state index contributed by atoms with van der Waals surface area (Å²) in [5, 5.41) is 10.6. The number of nitrogens with zero attached hydrogens (tertiary/aromatic N) is 4. The van der Waals surface area contributed by atoms with Crippen molar-refractivity contribution < 1.29 is 36.6 Å². The Bertz CT molecular complexity index is 1280. The topological polar surface area (TPSA) is 100 Å². The molecule has 3 aromatic rings. The zero-order valence-corrected chi connectivity index (χ0v) is 19.7. The number of carbonyl (C=O) groups is 1. The highest BCUT2D eigenvalue weighted by Crippen LogP contribution is 2.33. The van der Waals surface area contributed by atoms with Gasteiger partial charge in [0.05, 0.1) is 11.7 Å². The second-order valence-electron chi connectivity index (χ2n) is 8.81. The number of anilines is 2. The van der Waals surface area contributed by atoms with E-state index in [4.69, 9.17) is 24.6 Å². The van der Waals surface area contributed by atoms with Gasteiger partial charge in [-0.15, -0.1) is 0 Å². The van der Waals surface area contributed by atoms with E-state index in [2.05, 4.69) is 15.2 Å². The smallest absolute Gasteiger partial charge is 0.487 e. The molecule has 2 fully saturated rings. The van der Waals surface area contributed by atoms with E-state index in [1.54, 1.807) is 6.20 Å². The van der Waals surface area contributed by atoms with Crippen molar-refractivity contribution in [2.75, 3.05) is 23.3 Å². The van der Waals surface area contributed by atoms with Gasteiger partial charge in [0.1, 0.15) is 17.4 Å².